The number of hydrogen-bond donors (Lipinski definition) is 0. The maximum atomic E-state index is 11.8. The van der Waals surface area contributed by atoms with Gasteiger partial charge in [0.2, 0.25) is 0 Å². The van der Waals surface area contributed by atoms with Gasteiger partial charge in [-0.2, -0.15) is 0 Å². The first-order valence-corrected chi connectivity index (χ1v) is 5.43. The van der Waals surface area contributed by atoms with Crippen molar-refractivity contribution in [1.29, 1.82) is 0 Å². The van der Waals surface area contributed by atoms with E-state index in [1.54, 1.807) is 37.6 Å². The first-order valence-electron chi connectivity index (χ1n) is 5.05. The zero-order valence-corrected chi connectivity index (χ0v) is 10.2. The Labute approximate surface area is 103 Å². The molecule has 17 heavy (non-hydrogen) atoms. The molecule has 4 nitrogen and oxygen atoms in total. The summed E-state index contributed by atoms with van der Waals surface area (Å²) in [6.07, 6.45) is 3.11. The van der Waals surface area contributed by atoms with Gasteiger partial charge in [-0.3, -0.25) is 14.2 Å². The van der Waals surface area contributed by atoms with Crippen LogP contribution >= 0.6 is 11.6 Å². The molecule has 0 bridgehead atoms. The standard InChI is InChI=1S/C12H11ClN2O2/c1-8-7-9(3-4-10(8)13)15-6-5-14(2)11(16)12(15)17/h3-7H,1-2H3. The van der Waals surface area contributed by atoms with Crippen LogP contribution in [0.15, 0.2) is 40.2 Å². The summed E-state index contributed by atoms with van der Waals surface area (Å²) in [5.41, 5.74) is 0.364. The summed E-state index contributed by atoms with van der Waals surface area (Å²) in [4.78, 5) is 23.3. The van der Waals surface area contributed by atoms with Crippen molar-refractivity contribution in [2.24, 2.45) is 7.05 Å². The zero-order chi connectivity index (χ0) is 12.6. The van der Waals surface area contributed by atoms with Crippen molar-refractivity contribution in [2.75, 3.05) is 0 Å². The fraction of sp³-hybridized carbons (Fsp3) is 0.167. The number of benzene rings is 1. The molecule has 0 saturated carbocycles. The highest BCUT2D eigenvalue weighted by Crippen LogP contribution is 2.17. The van der Waals surface area contributed by atoms with Crippen molar-refractivity contribution < 1.29 is 0 Å². The van der Waals surface area contributed by atoms with Crippen molar-refractivity contribution >= 4 is 11.6 Å². The van der Waals surface area contributed by atoms with Crippen molar-refractivity contribution in [2.45, 2.75) is 6.92 Å². The molecule has 0 N–H and O–H groups in total. The largest absolute Gasteiger partial charge is 0.320 e. The van der Waals surface area contributed by atoms with E-state index >= 15 is 0 Å². The van der Waals surface area contributed by atoms with Crippen LogP contribution in [0.4, 0.5) is 0 Å². The summed E-state index contributed by atoms with van der Waals surface area (Å²) < 4.78 is 2.56. The molecular weight excluding hydrogens is 240 g/mol. The van der Waals surface area contributed by atoms with E-state index < -0.39 is 11.1 Å². The Morgan fingerprint density at radius 1 is 1.12 bits per heavy atom. The van der Waals surface area contributed by atoms with Gasteiger partial charge in [-0.1, -0.05) is 11.6 Å². The maximum absolute atomic E-state index is 11.8. The van der Waals surface area contributed by atoms with Crippen LogP contribution in [0.1, 0.15) is 5.56 Å². The van der Waals surface area contributed by atoms with Gasteiger partial charge in [-0.05, 0) is 30.7 Å². The van der Waals surface area contributed by atoms with Crippen molar-refractivity contribution in [3.05, 3.63) is 61.9 Å². The lowest BCUT2D eigenvalue weighted by molar-refractivity contribution is 0.786. The third-order valence-corrected chi connectivity index (χ3v) is 3.01. The van der Waals surface area contributed by atoms with Crippen LogP contribution in [0.3, 0.4) is 0 Å². The average Bonchev–Trinajstić information content (AvgIpc) is 2.30. The zero-order valence-electron chi connectivity index (χ0n) is 9.48. The second-order valence-electron chi connectivity index (χ2n) is 3.82. The molecule has 0 radical (unpaired) electrons. The van der Waals surface area contributed by atoms with Gasteiger partial charge in [-0.25, -0.2) is 0 Å². The molecule has 0 spiro atoms. The van der Waals surface area contributed by atoms with E-state index in [0.717, 1.165) is 5.56 Å². The highest BCUT2D eigenvalue weighted by atomic mass is 35.5. The predicted molar refractivity (Wildman–Crippen MR) is 67.0 cm³/mol. The fourth-order valence-corrected chi connectivity index (χ4v) is 1.66. The number of aromatic nitrogens is 2. The minimum absolute atomic E-state index is 0.555. The predicted octanol–water partition coefficient (Wildman–Crippen LogP) is 1.50. The summed E-state index contributed by atoms with van der Waals surface area (Å²) in [6, 6.07) is 5.18. The normalized spacial score (nSPS) is 10.5. The first kappa shape index (κ1) is 11.7. The van der Waals surface area contributed by atoms with Crippen molar-refractivity contribution in [3.63, 3.8) is 0 Å². The first-order chi connectivity index (χ1) is 8.00. The number of hydrogen-bond acceptors (Lipinski definition) is 2. The third kappa shape index (κ3) is 2.03. The lowest BCUT2D eigenvalue weighted by Gasteiger charge is -2.07. The lowest BCUT2D eigenvalue weighted by Crippen LogP contribution is -2.38. The molecule has 0 saturated heterocycles. The van der Waals surface area contributed by atoms with Gasteiger partial charge < -0.3 is 4.57 Å². The van der Waals surface area contributed by atoms with Crippen molar-refractivity contribution in [3.8, 4) is 5.69 Å². The Morgan fingerprint density at radius 2 is 1.82 bits per heavy atom. The van der Waals surface area contributed by atoms with Gasteiger partial charge in [0.05, 0.1) is 0 Å². The quantitative estimate of drug-likeness (QED) is 0.720. The highest BCUT2D eigenvalue weighted by Gasteiger charge is 2.05. The maximum Gasteiger partial charge on any atom is 0.320 e. The van der Waals surface area contributed by atoms with Gasteiger partial charge in [0, 0.05) is 30.2 Å². The smallest absolute Gasteiger partial charge is 0.312 e. The van der Waals surface area contributed by atoms with Crippen LogP contribution < -0.4 is 11.1 Å². The average molecular weight is 251 g/mol. The minimum atomic E-state index is -0.572. The van der Waals surface area contributed by atoms with E-state index in [1.807, 2.05) is 6.92 Å². The van der Waals surface area contributed by atoms with Gasteiger partial charge in [0.1, 0.15) is 0 Å². The van der Waals surface area contributed by atoms with Crippen LogP contribution in [0, 0.1) is 6.92 Å². The Bertz CT molecular complexity index is 686. The van der Waals surface area contributed by atoms with Gasteiger partial charge >= 0.3 is 11.1 Å². The second-order valence-corrected chi connectivity index (χ2v) is 4.23. The molecular formula is C12H11ClN2O2. The monoisotopic (exact) mass is 250 g/mol. The summed E-state index contributed by atoms with van der Waals surface area (Å²) in [7, 11) is 1.54. The molecule has 0 aliphatic carbocycles. The molecule has 0 amide bonds. The molecule has 0 unspecified atom stereocenters. The summed E-state index contributed by atoms with van der Waals surface area (Å²) in [6.45, 7) is 1.85. The Kier molecular flexibility index (Phi) is 2.90. The lowest BCUT2D eigenvalue weighted by atomic mass is 10.2. The molecule has 1 aromatic carbocycles. The molecule has 1 heterocycles. The molecule has 2 rings (SSSR count). The molecule has 0 fully saturated rings. The molecule has 5 heteroatoms. The number of nitrogens with zero attached hydrogens (tertiary/aromatic N) is 2. The second kappa shape index (κ2) is 4.22. The molecule has 0 aliphatic heterocycles. The van der Waals surface area contributed by atoms with Crippen LogP contribution in [-0.2, 0) is 7.05 Å². The molecule has 0 atom stereocenters. The van der Waals surface area contributed by atoms with E-state index in [4.69, 9.17) is 11.6 Å². The van der Waals surface area contributed by atoms with Gasteiger partial charge in [0.15, 0.2) is 0 Å². The Hall–Kier alpha value is -1.81. The van der Waals surface area contributed by atoms with Crippen LogP contribution in [0.5, 0.6) is 0 Å². The summed E-state index contributed by atoms with van der Waals surface area (Å²) in [5.74, 6) is 0. The number of halogens is 1. The fourth-order valence-electron chi connectivity index (χ4n) is 1.54. The van der Waals surface area contributed by atoms with Crippen LogP contribution in [0.2, 0.25) is 5.02 Å². The number of aryl methyl sites for hydroxylation is 2. The van der Waals surface area contributed by atoms with Gasteiger partial charge in [-0.15, -0.1) is 0 Å². The van der Waals surface area contributed by atoms with E-state index in [9.17, 15) is 9.59 Å². The topological polar surface area (TPSA) is 44.0 Å². The molecule has 88 valence electrons. The SMILES string of the molecule is Cc1cc(-n2ccn(C)c(=O)c2=O)ccc1Cl. The van der Waals surface area contributed by atoms with E-state index in [-0.39, 0.29) is 0 Å². The molecule has 1 aromatic heterocycles. The van der Waals surface area contributed by atoms with E-state index in [1.165, 1.54) is 9.13 Å². The summed E-state index contributed by atoms with van der Waals surface area (Å²) >= 11 is 5.91. The van der Waals surface area contributed by atoms with Crippen LogP contribution in [0.25, 0.3) is 5.69 Å². The molecule has 2 aromatic rings. The van der Waals surface area contributed by atoms with E-state index in [2.05, 4.69) is 0 Å². The highest BCUT2D eigenvalue weighted by molar-refractivity contribution is 6.31. The van der Waals surface area contributed by atoms with E-state index in [0.29, 0.717) is 10.7 Å². The number of rotatable bonds is 1. The van der Waals surface area contributed by atoms with Gasteiger partial charge in [0.25, 0.3) is 0 Å². The van der Waals surface area contributed by atoms with Crippen LogP contribution in [-0.4, -0.2) is 9.13 Å². The Morgan fingerprint density at radius 3 is 2.47 bits per heavy atom. The summed E-state index contributed by atoms with van der Waals surface area (Å²) in [5, 5.41) is 0.630. The molecule has 0 aliphatic rings. The third-order valence-electron chi connectivity index (χ3n) is 2.58. The minimum Gasteiger partial charge on any atom is -0.312 e. The Balaban J connectivity index is 2.70. The van der Waals surface area contributed by atoms with Crippen molar-refractivity contribution in [1.82, 2.24) is 9.13 Å².